The fourth-order valence-corrected chi connectivity index (χ4v) is 2.20. The van der Waals surface area contributed by atoms with Gasteiger partial charge < -0.3 is 14.9 Å². The number of rotatable bonds is 4. The van der Waals surface area contributed by atoms with E-state index in [1.807, 2.05) is 0 Å². The third-order valence-corrected chi connectivity index (χ3v) is 3.33. The third kappa shape index (κ3) is 2.84. The molecular formula is C12H6BrF4N3O4. The van der Waals surface area contributed by atoms with E-state index in [2.05, 4.69) is 25.8 Å². The van der Waals surface area contributed by atoms with Gasteiger partial charge in [-0.3, -0.25) is 0 Å². The molecule has 0 radical (unpaired) electrons. The van der Waals surface area contributed by atoms with Crippen molar-refractivity contribution in [3.05, 3.63) is 49.6 Å². The number of hydrogen-bond acceptors (Lipinski definition) is 5. The summed E-state index contributed by atoms with van der Waals surface area (Å²) in [5, 5.41) is 13.9. The Morgan fingerprint density at radius 3 is 2.25 bits per heavy atom. The molecule has 0 amide bonds. The second-order valence-electron chi connectivity index (χ2n) is 4.20. The van der Waals surface area contributed by atoms with Gasteiger partial charge >= 0.3 is 11.8 Å². The van der Waals surface area contributed by atoms with Crippen LogP contribution in [0.1, 0.15) is 17.3 Å². The molecule has 0 unspecified atom stereocenters. The molecular weight excluding hydrogens is 406 g/mol. The van der Waals surface area contributed by atoms with Gasteiger partial charge in [0.25, 0.3) is 0 Å². The summed E-state index contributed by atoms with van der Waals surface area (Å²) in [5.41, 5.74) is -2.90. The number of nitro groups is 1. The highest BCUT2D eigenvalue weighted by atomic mass is 79.9. The molecule has 24 heavy (non-hydrogen) atoms. The van der Waals surface area contributed by atoms with Gasteiger partial charge in [-0.25, -0.2) is 22.4 Å². The number of hydrogen-bond donors (Lipinski definition) is 0. The molecule has 0 N–H and O–H groups in total. The first-order valence-electron chi connectivity index (χ1n) is 6.13. The molecule has 0 aliphatic rings. The molecule has 0 bridgehead atoms. The molecule has 128 valence electrons. The lowest BCUT2D eigenvalue weighted by atomic mass is 10.1. The summed E-state index contributed by atoms with van der Waals surface area (Å²) in [5.74, 6) is -10.3. The van der Waals surface area contributed by atoms with E-state index >= 15 is 0 Å². The van der Waals surface area contributed by atoms with Crippen LogP contribution in [0.5, 0.6) is 0 Å². The minimum Gasteiger partial charge on any atom is -0.462 e. The summed E-state index contributed by atoms with van der Waals surface area (Å²) in [6.45, 7) is 1.05. The van der Waals surface area contributed by atoms with Crippen molar-refractivity contribution in [2.24, 2.45) is 0 Å². The first kappa shape index (κ1) is 17.8. The standard InChI is InChI=1S/C12H6BrF4N3O4/c1-2-24-12(21)5-6(14)8(16)10(9(17)7(5)15)19-3-4(13)11(18-19)20(22)23/h3H,2H2,1H3. The quantitative estimate of drug-likeness (QED) is 0.253. The van der Waals surface area contributed by atoms with Crippen molar-refractivity contribution in [3.8, 4) is 5.69 Å². The van der Waals surface area contributed by atoms with Crippen LogP contribution in [-0.4, -0.2) is 27.3 Å². The van der Waals surface area contributed by atoms with Crippen molar-refractivity contribution in [2.45, 2.75) is 6.92 Å². The molecule has 0 aliphatic heterocycles. The van der Waals surface area contributed by atoms with Crippen LogP contribution in [-0.2, 0) is 4.74 Å². The predicted octanol–water partition coefficient (Wildman–Crippen LogP) is 3.28. The maximum absolute atomic E-state index is 14.1. The van der Waals surface area contributed by atoms with Crippen molar-refractivity contribution in [3.63, 3.8) is 0 Å². The van der Waals surface area contributed by atoms with Gasteiger partial charge in [0.05, 0.1) is 17.9 Å². The molecule has 0 fully saturated rings. The number of ether oxygens (including phenoxy) is 1. The highest BCUT2D eigenvalue weighted by molar-refractivity contribution is 9.10. The van der Waals surface area contributed by atoms with Crippen LogP contribution in [0.4, 0.5) is 23.4 Å². The van der Waals surface area contributed by atoms with E-state index < -0.39 is 51.2 Å². The van der Waals surface area contributed by atoms with Crippen molar-refractivity contribution in [1.29, 1.82) is 0 Å². The highest BCUT2D eigenvalue weighted by Crippen LogP contribution is 2.30. The Hall–Kier alpha value is -2.50. The zero-order valence-electron chi connectivity index (χ0n) is 11.6. The highest BCUT2D eigenvalue weighted by Gasteiger charge is 2.33. The Labute approximate surface area is 139 Å². The number of aromatic nitrogens is 2. The van der Waals surface area contributed by atoms with Crippen molar-refractivity contribution < 1.29 is 32.0 Å². The second-order valence-corrected chi connectivity index (χ2v) is 5.06. The molecule has 0 spiro atoms. The summed E-state index contributed by atoms with van der Waals surface area (Å²) in [6, 6.07) is 0. The van der Waals surface area contributed by atoms with Crippen LogP contribution in [0.15, 0.2) is 10.7 Å². The Morgan fingerprint density at radius 2 is 1.83 bits per heavy atom. The van der Waals surface area contributed by atoms with Gasteiger partial charge in [-0.1, -0.05) is 0 Å². The number of nitrogens with zero attached hydrogens (tertiary/aromatic N) is 3. The van der Waals surface area contributed by atoms with Crippen molar-refractivity contribution in [2.75, 3.05) is 6.61 Å². The molecule has 2 rings (SSSR count). The van der Waals surface area contributed by atoms with E-state index in [1.165, 1.54) is 6.92 Å². The van der Waals surface area contributed by atoms with Crippen LogP contribution >= 0.6 is 15.9 Å². The first-order valence-corrected chi connectivity index (χ1v) is 6.92. The first-order chi connectivity index (χ1) is 11.2. The molecule has 7 nitrogen and oxygen atoms in total. The summed E-state index contributed by atoms with van der Waals surface area (Å²) < 4.78 is 60.4. The minimum absolute atomic E-state index is 0.244. The molecule has 0 saturated heterocycles. The SMILES string of the molecule is CCOC(=O)c1c(F)c(F)c(-n2cc(Br)c([N+](=O)[O-])n2)c(F)c1F. The van der Waals surface area contributed by atoms with Gasteiger partial charge in [0, 0.05) is 0 Å². The van der Waals surface area contributed by atoms with Crippen LogP contribution in [0.3, 0.4) is 0 Å². The summed E-state index contributed by atoms with van der Waals surface area (Å²) in [6.07, 6.45) is 0.739. The Bertz CT molecular complexity index is 826. The number of benzene rings is 1. The molecule has 2 aromatic rings. The molecule has 12 heteroatoms. The molecule has 1 aromatic heterocycles. The predicted molar refractivity (Wildman–Crippen MR) is 73.7 cm³/mol. The van der Waals surface area contributed by atoms with E-state index in [-0.39, 0.29) is 15.8 Å². The van der Waals surface area contributed by atoms with E-state index in [0.29, 0.717) is 0 Å². The average Bonchev–Trinajstić information content (AvgIpc) is 2.88. The smallest absolute Gasteiger partial charge is 0.404 e. The normalized spacial score (nSPS) is 10.8. The fourth-order valence-electron chi connectivity index (χ4n) is 1.79. The lowest BCUT2D eigenvalue weighted by Crippen LogP contribution is -2.16. The van der Waals surface area contributed by atoms with Gasteiger partial charge in [-0.05, 0) is 27.8 Å². The topological polar surface area (TPSA) is 87.3 Å². The van der Waals surface area contributed by atoms with Crippen LogP contribution in [0.2, 0.25) is 0 Å². The summed E-state index contributed by atoms with van der Waals surface area (Å²) in [4.78, 5) is 21.1. The second kappa shape index (κ2) is 6.55. The maximum Gasteiger partial charge on any atom is 0.404 e. The summed E-state index contributed by atoms with van der Waals surface area (Å²) >= 11 is 2.73. The van der Waals surface area contributed by atoms with E-state index in [4.69, 9.17) is 0 Å². The summed E-state index contributed by atoms with van der Waals surface area (Å²) in [7, 11) is 0. The third-order valence-electron chi connectivity index (χ3n) is 2.77. The molecule has 0 saturated carbocycles. The number of halogens is 5. The fraction of sp³-hybridized carbons (Fsp3) is 0.167. The van der Waals surface area contributed by atoms with Crippen LogP contribution in [0, 0.1) is 33.4 Å². The zero-order valence-corrected chi connectivity index (χ0v) is 13.2. The number of carbonyl (C=O) groups excluding carboxylic acids is 1. The van der Waals surface area contributed by atoms with Crippen molar-refractivity contribution in [1.82, 2.24) is 9.78 Å². The van der Waals surface area contributed by atoms with E-state index in [1.54, 1.807) is 0 Å². The van der Waals surface area contributed by atoms with Crippen molar-refractivity contribution >= 4 is 27.7 Å². The lowest BCUT2D eigenvalue weighted by molar-refractivity contribution is -0.390. The van der Waals surface area contributed by atoms with Crippen LogP contribution in [0.25, 0.3) is 5.69 Å². The minimum atomic E-state index is -2.00. The Balaban J connectivity index is 2.72. The van der Waals surface area contributed by atoms with E-state index in [0.717, 1.165) is 6.20 Å². The maximum atomic E-state index is 14.1. The molecule has 0 atom stereocenters. The van der Waals surface area contributed by atoms with Gasteiger partial charge in [0.15, 0.2) is 29.0 Å². The zero-order chi connectivity index (χ0) is 18.2. The Morgan fingerprint density at radius 1 is 1.29 bits per heavy atom. The van der Waals surface area contributed by atoms with Gasteiger partial charge in [0.1, 0.15) is 10.0 Å². The number of carbonyl (C=O) groups is 1. The Kier molecular flexibility index (Phi) is 4.87. The molecule has 1 aromatic carbocycles. The molecule has 1 heterocycles. The lowest BCUT2D eigenvalue weighted by Gasteiger charge is -2.09. The molecule has 0 aliphatic carbocycles. The van der Waals surface area contributed by atoms with E-state index in [9.17, 15) is 32.5 Å². The average molecular weight is 412 g/mol. The van der Waals surface area contributed by atoms with Gasteiger partial charge in [-0.15, -0.1) is 4.68 Å². The monoisotopic (exact) mass is 411 g/mol. The van der Waals surface area contributed by atoms with Gasteiger partial charge in [0.2, 0.25) is 0 Å². The van der Waals surface area contributed by atoms with Gasteiger partial charge in [-0.2, -0.15) is 0 Å². The van der Waals surface area contributed by atoms with Crippen LogP contribution < -0.4 is 0 Å². The largest absolute Gasteiger partial charge is 0.462 e. The number of esters is 1.